The summed E-state index contributed by atoms with van der Waals surface area (Å²) in [5, 5.41) is 9.04. The molecular formula is C11H9F3O2. The number of allylic oxidation sites excluding steroid dienone is 1. The number of carbonyl (C=O) groups is 1. The molecular weight excluding hydrogens is 221 g/mol. The molecule has 5 heteroatoms. The summed E-state index contributed by atoms with van der Waals surface area (Å²) in [5.74, 6) is -1.09. The molecule has 1 rings (SSSR count). The van der Waals surface area contributed by atoms with Crippen molar-refractivity contribution >= 4 is 11.9 Å². The second-order valence-corrected chi connectivity index (χ2v) is 3.22. The Balaban J connectivity index is 3.13. The Bertz CT molecular complexity index is 433. The fraction of sp³-hybridized carbons (Fsp3) is 0.182. The van der Waals surface area contributed by atoms with Gasteiger partial charge >= 0.3 is 6.18 Å². The monoisotopic (exact) mass is 230 g/mol. The second kappa shape index (κ2) is 4.38. The summed E-state index contributed by atoms with van der Waals surface area (Å²) in [4.78, 5) is 10.6. The lowest BCUT2D eigenvalue weighted by Gasteiger charge is -2.09. The molecule has 0 fully saturated rings. The number of benzene rings is 1. The molecule has 16 heavy (non-hydrogen) atoms. The van der Waals surface area contributed by atoms with Crippen LogP contribution in [0.3, 0.4) is 0 Å². The number of halogens is 3. The van der Waals surface area contributed by atoms with Gasteiger partial charge in [0.1, 0.15) is 5.75 Å². The van der Waals surface area contributed by atoms with Crippen molar-refractivity contribution in [2.45, 2.75) is 13.1 Å². The minimum Gasteiger partial charge on any atom is -0.507 e. The van der Waals surface area contributed by atoms with E-state index < -0.39 is 17.5 Å². The van der Waals surface area contributed by atoms with E-state index in [1.54, 1.807) is 0 Å². The number of carbonyl (C=O) groups excluding carboxylic acids is 1. The van der Waals surface area contributed by atoms with Crippen LogP contribution in [0.2, 0.25) is 0 Å². The van der Waals surface area contributed by atoms with Crippen molar-refractivity contribution in [1.29, 1.82) is 0 Å². The van der Waals surface area contributed by atoms with E-state index >= 15 is 0 Å². The topological polar surface area (TPSA) is 37.3 Å². The molecule has 1 N–H and O–H groups in total. The van der Waals surface area contributed by atoms with E-state index in [0.717, 1.165) is 18.2 Å². The molecule has 0 unspecified atom stereocenters. The average Bonchev–Trinajstić information content (AvgIpc) is 2.14. The number of hydrogen-bond donors (Lipinski definition) is 1. The van der Waals surface area contributed by atoms with Gasteiger partial charge in [-0.3, -0.25) is 4.79 Å². The number of ketones is 1. The first kappa shape index (κ1) is 12.3. The van der Waals surface area contributed by atoms with Crippen molar-refractivity contribution in [1.82, 2.24) is 0 Å². The lowest BCUT2D eigenvalue weighted by Crippen LogP contribution is -2.05. The normalized spacial score (nSPS) is 12.0. The molecule has 2 nitrogen and oxygen atoms in total. The summed E-state index contributed by atoms with van der Waals surface area (Å²) < 4.78 is 37.1. The maximum atomic E-state index is 12.4. The van der Waals surface area contributed by atoms with E-state index in [1.165, 1.54) is 19.1 Å². The third-order valence-electron chi connectivity index (χ3n) is 1.84. The van der Waals surface area contributed by atoms with Crippen LogP contribution in [0.25, 0.3) is 6.08 Å². The Morgan fingerprint density at radius 1 is 1.38 bits per heavy atom. The standard InChI is InChI=1S/C11H9F3O2/c1-7(15)2-3-8-4-5-10(16)9(6-8)11(12,13)14/h2-6,16H,1H3. The van der Waals surface area contributed by atoms with Crippen LogP contribution >= 0.6 is 0 Å². The van der Waals surface area contributed by atoms with E-state index in [4.69, 9.17) is 5.11 Å². The van der Waals surface area contributed by atoms with E-state index in [1.807, 2.05) is 0 Å². The van der Waals surface area contributed by atoms with Crippen LogP contribution in [0.1, 0.15) is 18.1 Å². The lowest BCUT2D eigenvalue weighted by atomic mass is 10.1. The van der Waals surface area contributed by atoms with Crippen molar-refractivity contribution in [2.24, 2.45) is 0 Å². The number of rotatable bonds is 2. The van der Waals surface area contributed by atoms with Crippen LogP contribution < -0.4 is 0 Å². The molecule has 0 saturated heterocycles. The fourth-order valence-electron chi connectivity index (χ4n) is 1.10. The van der Waals surface area contributed by atoms with Crippen molar-refractivity contribution in [3.8, 4) is 5.75 Å². The molecule has 0 aliphatic carbocycles. The molecule has 0 saturated carbocycles. The van der Waals surface area contributed by atoms with E-state index in [9.17, 15) is 18.0 Å². The fourth-order valence-corrected chi connectivity index (χ4v) is 1.10. The Hall–Kier alpha value is -1.78. The summed E-state index contributed by atoms with van der Waals surface area (Å²) in [6.07, 6.45) is -2.19. The van der Waals surface area contributed by atoms with Gasteiger partial charge in [0.15, 0.2) is 5.78 Å². The molecule has 0 bridgehead atoms. The third-order valence-corrected chi connectivity index (χ3v) is 1.84. The van der Waals surface area contributed by atoms with Crippen molar-refractivity contribution in [3.05, 3.63) is 35.4 Å². The zero-order valence-corrected chi connectivity index (χ0v) is 8.38. The van der Waals surface area contributed by atoms with Crippen molar-refractivity contribution < 1.29 is 23.1 Å². The van der Waals surface area contributed by atoms with Crippen LogP contribution in [0.15, 0.2) is 24.3 Å². The molecule has 0 aliphatic heterocycles. The van der Waals surface area contributed by atoms with Crippen LogP contribution in [-0.2, 0) is 11.0 Å². The smallest absolute Gasteiger partial charge is 0.419 e. The van der Waals surface area contributed by atoms with Gasteiger partial charge in [0, 0.05) is 0 Å². The van der Waals surface area contributed by atoms with Crippen LogP contribution in [0.4, 0.5) is 13.2 Å². The molecule has 0 aliphatic rings. The number of hydrogen-bond acceptors (Lipinski definition) is 2. The summed E-state index contributed by atoms with van der Waals surface area (Å²) >= 11 is 0. The van der Waals surface area contributed by atoms with Crippen LogP contribution in [0, 0.1) is 0 Å². The number of aromatic hydroxyl groups is 1. The van der Waals surface area contributed by atoms with Crippen molar-refractivity contribution in [3.63, 3.8) is 0 Å². The first-order valence-corrected chi connectivity index (χ1v) is 4.39. The van der Waals surface area contributed by atoms with Gasteiger partial charge in [-0.15, -0.1) is 0 Å². The number of phenolic OH excluding ortho intramolecular Hbond substituents is 1. The largest absolute Gasteiger partial charge is 0.507 e. The maximum Gasteiger partial charge on any atom is 0.419 e. The van der Waals surface area contributed by atoms with Gasteiger partial charge in [-0.2, -0.15) is 13.2 Å². The molecule has 0 amide bonds. The molecule has 0 spiro atoms. The lowest BCUT2D eigenvalue weighted by molar-refractivity contribution is -0.138. The van der Waals surface area contributed by atoms with Gasteiger partial charge < -0.3 is 5.11 Å². The summed E-state index contributed by atoms with van der Waals surface area (Å²) in [7, 11) is 0. The van der Waals surface area contributed by atoms with Crippen molar-refractivity contribution in [2.75, 3.05) is 0 Å². The first-order valence-electron chi connectivity index (χ1n) is 4.39. The molecule has 0 aromatic heterocycles. The predicted molar refractivity (Wildman–Crippen MR) is 52.8 cm³/mol. The maximum absolute atomic E-state index is 12.4. The summed E-state index contributed by atoms with van der Waals surface area (Å²) in [5.41, 5.74) is -0.904. The van der Waals surface area contributed by atoms with E-state index in [-0.39, 0.29) is 11.3 Å². The van der Waals surface area contributed by atoms with Gasteiger partial charge in [0.05, 0.1) is 5.56 Å². The minimum absolute atomic E-state index is 0.209. The average molecular weight is 230 g/mol. The Labute approximate surface area is 90.0 Å². The highest BCUT2D eigenvalue weighted by atomic mass is 19.4. The first-order chi connectivity index (χ1) is 7.30. The van der Waals surface area contributed by atoms with Crippen LogP contribution in [-0.4, -0.2) is 10.9 Å². The molecule has 1 aromatic rings. The summed E-state index contributed by atoms with van der Waals surface area (Å²) in [6, 6.07) is 3.03. The number of phenols is 1. The SMILES string of the molecule is CC(=O)C=Cc1ccc(O)c(C(F)(F)F)c1. The highest BCUT2D eigenvalue weighted by Crippen LogP contribution is 2.36. The predicted octanol–water partition coefficient (Wildman–Crippen LogP) is 3.01. The Kier molecular flexibility index (Phi) is 3.37. The molecule has 1 aromatic carbocycles. The molecule has 0 radical (unpaired) electrons. The Morgan fingerprint density at radius 2 is 2.00 bits per heavy atom. The van der Waals surface area contributed by atoms with E-state index in [2.05, 4.69) is 0 Å². The van der Waals surface area contributed by atoms with Gasteiger partial charge in [0.25, 0.3) is 0 Å². The van der Waals surface area contributed by atoms with Gasteiger partial charge in [-0.1, -0.05) is 12.1 Å². The summed E-state index contributed by atoms with van der Waals surface area (Å²) in [6.45, 7) is 1.29. The number of alkyl halides is 3. The third kappa shape index (κ3) is 3.12. The molecule has 0 atom stereocenters. The zero-order chi connectivity index (χ0) is 12.3. The van der Waals surface area contributed by atoms with Gasteiger partial charge in [-0.05, 0) is 30.7 Å². The molecule has 0 heterocycles. The second-order valence-electron chi connectivity index (χ2n) is 3.22. The van der Waals surface area contributed by atoms with E-state index in [0.29, 0.717) is 0 Å². The van der Waals surface area contributed by atoms with Gasteiger partial charge in [-0.25, -0.2) is 0 Å². The quantitative estimate of drug-likeness (QED) is 0.793. The minimum atomic E-state index is -4.61. The highest BCUT2D eigenvalue weighted by molar-refractivity contribution is 5.91. The zero-order valence-electron chi connectivity index (χ0n) is 8.38. The Morgan fingerprint density at radius 3 is 2.50 bits per heavy atom. The highest BCUT2D eigenvalue weighted by Gasteiger charge is 2.33. The molecule has 86 valence electrons. The van der Waals surface area contributed by atoms with Gasteiger partial charge in [0.2, 0.25) is 0 Å². The van der Waals surface area contributed by atoms with Crippen LogP contribution in [0.5, 0.6) is 5.75 Å².